The van der Waals surface area contributed by atoms with Gasteiger partial charge in [-0.1, -0.05) is 66.7 Å². The van der Waals surface area contributed by atoms with Crippen molar-refractivity contribution in [3.8, 4) is 0 Å². The molecule has 0 amide bonds. The van der Waals surface area contributed by atoms with Crippen LogP contribution in [0, 0.1) is 0 Å². The number of nitrogens with zero attached hydrogens (tertiary/aromatic N) is 3. The number of benzene rings is 2. The molecule has 0 saturated carbocycles. The second-order valence-electron chi connectivity index (χ2n) is 6.10. The fraction of sp³-hybridized carbons (Fsp3) is 0.0476. The van der Waals surface area contributed by atoms with Crippen molar-refractivity contribution in [2.75, 3.05) is 0 Å². The molecule has 134 valence electrons. The molecule has 0 atom stereocenters. The first kappa shape index (κ1) is 17.2. The Hall–Kier alpha value is -3.25. The van der Waals surface area contributed by atoms with Gasteiger partial charge < -0.3 is 0 Å². The Kier molecular flexibility index (Phi) is 4.56. The normalized spacial score (nSPS) is 12.0. The van der Waals surface area contributed by atoms with Crippen molar-refractivity contribution in [3.05, 3.63) is 95.9 Å². The molecule has 0 spiro atoms. The molecule has 2 aromatic carbocycles. The molecular formula is C21H17N3O2S. The zero-order valence-electron chi connectivity index (χ0n) is 14.4. The highest BCUT2D eigenvalue weighted by molar-refractivity contribution is 7.89. The maximum absolute atomic E-state index is 12.8. The molecule has 27 heavy (non-hydrogen) atoms. The molecule has 0 fully saturated rings. The zero-order valence-corrected chi connectivity index (χ0v) is 15.3. The van der Waals surface area contributed by atoms with Crippen LogP contribution in [0.2, 0.25) is 0 Å². The van der Waals surface area contributed by atoms with Gasteiger partial charge in [-0.2, -0.15) is 0 Å². The molecule has 0 saturated heterocycles. The minimum Gasteiger partial charge on any atom is -0.243 e. The minimum absolute atomic E-state index is 0.0883. The Labute approximate surface area is 157 Å². The fourth-order valence-corrected chi connectivity index (χ4v) is 4.21. The molecule has 0 radical (unpaired) electrons. The Morgan fingerprint density at radius 2 is 1.59 bits per heavy atom. The van der Waals surface area contributed by atoms with E-state index < -0.39 is 10.0 Å². The van der Waals surface area contributed by atoms with Crippen LogP contribution in [0.4, 0.5) is 0 Å². The first-order chi connectivity index (χ1) is 13.1. The fourth-order valence-electron chi connectivity index (χ4n) is 2.81. The predicted molar refractivity (Wildman–Crippen MR) is 107 cm³/mol. The highest BCUT2D eigenvalue weighted by atomic mass is 32.2. The highest BCUT2D eigenvalue weighted by Gasteiger charge is 2.18. The Morgan fingerprint density at radius 3 is 2.33 bits per heavy atom. The maximum Gasteiger partial charge on any atom is 0.244 e. The molecule has 0 aliphatic rings. The summed E-state index contributed by atoms with van der Waals surface area (Å²) in [6.45, 7) is 0. The van der Waals surface area contributed by atoms with Gasteiger partial charge in [-0.25, -0.2) is 22.4 Å². The summed E-state index contributed by atoms with van der Waals surface area (Å²) in [5, 5.41) is 0. The van der Waals surface area contributed by atoms with E-state index in [2.05, 4.69) is 9.97 Å². The Morgan fingerprint density at radius 1 is 0.889 bits per heavy atom. The average Bonchev–Trinajstić information content (AvgIpc) is 3.12. The van der Waals surface area contributed by atoms with Crippen LogP contribution in [0.1, 0.15) is 16.8 Å². The van der Waals surface area contributed by atoms with E-state index in [-0.39, 0.29) is 5.75 Å². The molecule has 0 aliphatic heterocycles. The summed E-state index contributed by atoms with van der Waals surface area (Å²) in [6, 6.07) is 20.6. The maximum atomic E-state index is 12.8. The van der Waals surface area contributed by atoms with Crippen LogP contribution in [-0.4, -0.2) is 22.4 Å². The Bertz CT molecular complexity index is 1200. The number of hydrogen-bond acceptors (Lipinski definition) is 4. The number of aromatic nitrogens is 3. The molecular weight excluding hydrogens is 358 g/mol. The van der Waals surface area contributed by atoms with Crippen LogP contribution in [-0.2, 0) is 15.8 Å². The molecule has 4 aromatic rings. The quantitative estimate of drug-likeness (QED) is 0.529. The third-order valence-electron chi connectivity index (χ3n) is 4.11. The van der Waals surface area contributed by atoms with Gasteiger partial charge in [0.2, 0.25) is 10.0 Å². The van der Waals surface area contributed by atoms with Crippen molar-refractivity contribution >= 4 is 33.3 Å². The van der Waals surface area contributed by atoms with Gasteiger partial charge in [-0.3, -0.25) is 0 Å². The number of hydrogen-bond donors (Lipinski definition) is 0. The topological polar surface area (TPSA) is 64.8 Å². The summed E-state index contributed by atoms with van der Waals surface area (Å²) in [6.07, 6.45) is 6.89. The van der Waals surface area contributed by atoms with Gasteiger partial charge in [-0.15, -0.1) is 0 Å². The molecule has 5 nitrogen and oxygen atoms in total. The molecule has 4 rings (SSSR count). The van der Waals surface area contributed by atoms with Gasteiger partial charge in [0.15, 0.2) is 5.65 Å². The largest absolute Gasteiger partial charge is 0.244 e. The molecule has 0 aliphatic carbocycles. The summed E-state index contributed by atoms with van der Waals surface area (Å²) >= 11 is 0. The highest BCUT2D eigenvalue weighted by Crippen LogP contribution is 2.18. The summed E-state index contributed by atoms with van der Waals surface area (Å²) in [7, 11) is -3.57. The van der Waals surface area contributed by atoms with Crippen molar-refractivity contribution in [2.24, 2.45) is 0 Å². The lowest BCUT2D eigenvalue weighted by atomic mass is 10.2. The van der Waals surface area contributed by atoms with Gasteiger partial charge in [0.05, 0.1) is 17.6 Å². The molecule has 0 bridgehead atoms. The smallest absolute Gasteiger partial charge is 0.243 e. The first-order valence-electron chi connectivity index (χ1n) is 8.46. The SMILES string of the molecule is O=S(=O)(Cc1ccccc1)n1ccc2nc(/C=C/c3ccccc3)cnc21. The Balaban J connectivity index is 1.63. The second-order valence-corrected chi connectivity index (χ2v) is 7.95. The third kappa shape index (κ3) is 3.80. The standard InChI is InChI=1S/C21H17N3O2S/c25-27(26,16-18-9-5-2-6-10-18)24-14-13-20-21(24)22-15-19(23-20)12-11-17-7-3-1-4-8-17/h1-15H,16H2/b12-11+. The lowest BCUT2D eigenvalue weighted by molar-refractivity contribution is 0.588. The van der Waals surface area contributed by atoms with Crippen molar-refractivity contribution in [3.63, 3.8) is 0 Å². The van der Waals surface area contributed by atoms with Crippen molar-refractivity contribution < 1.29 is 8.42 Å². The van der Waals surface area contributed by atoms with Crippen molar-refractivity contribution in [1.82, 2.24) is 13.9 Å². The van der Waals surface area contributed by atoms with Crippen LogP contribution in [0.3, 0.4) is 0 Å². The van der Waals surface area contributed by atoms with E-state index in [4.69, 9.17) is 0 Å². The van der Waals surface area contributed by atoms with E-state index in [9.17, 15) is 8.42 Å². The summed E-state index contributed by atoms with van der Waals surface area (Å²) in [5.41, 5.74) is 3.34. The van der Waals surface area contributed by atoms with Crippen LogP contribution in [0.5, 0.6) is 0 Å². The van der Waals surface area contributed by atoms with Crippen molar-refractivity contribution in [1.29, 1.82) is 0 Å². The number of rotatable bonds is 5. The van der Waals surface area contributed by atoms with E-state index in [0.29, 0.717) is 16.9 Å². The lowest BCUT2D eigenvalue weighted by Crippen LogP contribution is -2.14. The summed E-state index contributed by atoms with van der Waals surface area (Å²) in [4.78, 5) is 8.83. The molecule has 0 unspecified atom stereocenters. The van der Waals surface area contributed by atoms with Crippen LogP contribution < -0.4 is 0 Å². The van der Waals surface area contributed by atoms with Gasteiger partial charge in [0.25, 0.3) is 0 Å². The lowest BCUT2D eigenvalue weighted by Gasteiger charge is -2.07. The average molecular weight is 375 g/mol. The third-order valence-corrected chi connectivity index (χ3v) is 5.70. The van der Waals surface area contributed by atoms with Crippen LogP contribution >= 0.6 is 0 Å². The molecule has 2 aromatic heterocycles. The zero-order chi connectivity index (χ0) is 18.7. The van der Waals surface area contributed by atoms with Crippen molar-refractivity contribution in [2.45, 2.75) is 5.75 Å². The second kappa shape index (κ2) is 7.17. The van der Waals surface area contributed by atoms with Crippen LogP contribution in [0.15, 0.2) is 79.1 Å². The molecule has 6 heteroatoms. The van der Waals surface area contributed by atoms with Gasteiger partial charge >= 0.3 is 0 Å². The van der Waals surface area contributed by atoms with Gasteiger partial charge in [0.1, 0.15) is 5.52 Å². The minimum atomic E-state index is -3.57. The van der Waals surface area contributed by atoms with Gasteiger partial charge in [0, 0.05) is 6.20 Å². The molecule has 2 heterocycles. The van der Waals surface area contributed by atoms with E-state index in [1.165, 1.54) is 10.2 Å². The van der Waals surface area contributed by atoms with Gasteiger partial charge in [-0.05, 0) is 23.3 Å². The van der Waals surface area contributed by atoms with Crippen LogP contribution in [0.25, 0.3) is 23.3 Å². The van der Waals surface area contributed by atoms with E-state index in [0.717, 1.165) is 11.1 Å². The molecule has 0 N–H and O–H groups in total. The summed E-state index contributed by atoms with van der Waals surface area (Å²) in [5.74, 6) is -0.0883. The van der Waals surface area contributed by atoms with E-state index in [1.807, 2.05) is 60.7 Å². The predicted octanol–water partition coefficient (Wildman–Crippen LogP) is 3.98. The number of fused-ring (bicyclic) bond motifs is 1. The van der Waals surface area contributed by atoms with E-state index in [1.54, 1.807) is 24.4 Å². The summed E-state index contributed by atoms with van der Waals surface area (Å²) < 4.78 is 26.7. The first-order valence-corrected chi connectivity index (χ1v) is 10.1. The monoisotopic (exact) mass is 375 g/mol. The van der Waals surface area contributed by atoms with E-state index >= 15 is 0 Å².